The first kappa shape index (κ1) is 26.8. The lowest BCUT2D eigenvalue weighted by atomic mass is 10.1. The first-order chi connectivity index (χ1) is 18.1. The molecule has 0 spiro atoms. The third-order valence-corrected chi connectivity index (χ3v) is 6.36. The smallest absolute Gasteiger partial charge is 0.299 e. The van der Waals surface area contributed by atoms with Crippen molar-refractivity contribution in [3.05, 3.63) is 76.0 Å². The summed E-state index contributed by atoms with van der Waals surface area (Å²) < 4.78 is 2.84. The molecule has 2 N–H and O–H groups in total. The molecular formula is C27H29ClN8O2. The molecule has 11 heteroatoms. The number of hydrogen-bond acceptors (Lipinski definition) is 6. The lowest BCUT2D eigenvalue weighted by Gasteiger charge is -2.14. The zero-order chi connectivity index (χ0) is 27.6. The second-order valence-corrected chi connectivity index (χ2v) is 10.2. The van der Waals surface area contributed by atoms with Gasteiger partial charge in [-0.1, -0.05) is 45.4 Å². The lowest BCUT2D eigenvalue weighted by Crippen LogP contribution is -2.37. The lowest BCUT2D eigenvalue weighted by molar-refractivity contribution is 0.0877. The molecule has 4 aromatic rings. The van der Waals surface area contributed by atoms with Crippen LogP contribution in [0, 0.1) is 11.3 Å². The van der Waals surface area contributed by atoms with Crippen LogP contribution in [0.1, 0.15) is 84.4 Å². The molecule has 0 aliphatic carbocycles. The topological polar surface area (TPSA) is 134 Å². The SMILES string of the molecule is CC(Cn1ccc(-c2ccc(C#N)c(Cl)c2)n1)NC(=O)c1cc(C(C)C)nn1C(=O)c1cc(C(C)C)[nH]n1. The Labute approximate surface area is 225 Å². The third kappa shape index (κ3) is 5.68. The minimum Gasteiger partial charge on any atom is -0.346 e. The fraction of sp³-hybridized carbons (Fsp3) is 0.333. The molecule has 10 nitrogen and oxygen atoms in total. The van der Waals surface area contributed by atoms with E-state index in [0.29, 0.717) is 28.5 Å². The zero-order valence-corrected chi connectivity index (χ0v) is 22.6. The van der Waals surface area contributed by atoms with E-state index in [0.717, 1.165) is 15.9 Å². The van der Waals surface area contributed by atoms with Gasteiger partial charge in [0.2, 0.25) is 0 Å². The van der Waals surface area contributed by atoms with Crippen LogP contribution in [-0.2, 0) is 6.54 Å². The van der Waals surface area contributed by atoms with Crippen molar-refractivity contribution in [3.8, 4) is 17.3 Å². The van der Waals surface area contributed by atoms with E-state index in [1.54, 1.807) is 41.2 Å². The molecule has 3 aromatic heterocycles. The maximum atomic E-state index is 13.3. The van der Waals surface area contributed by atoms with Gasteiger partial charge in [-0.15, -0.1) is 0 Å². The van der Waals surface area contributed by atoms with E-state index in [2.05, 4.69) is 25.7 Å². The van der Waals surface area contributed by atoms with Crippen LogP contribution in [0.15, 0.2) is 42.6 Å². The molecule has 38 heavy (non-hydrogen) atoms. The summed E-state index contributed by atoms with van der Waals surface area (Å²) >= 11 is 6.15. The summed E-state index contributed by atoms with van der Waals surface area (Å²) in [6.07, 6.45) is 1.80. The number of nitrogens with zero attached hydrogens (tertiary/aromatic N) is 6. The molecule has 196 valence electrons. The van der Waals surface area contributed by atoms with Crippen LogP contribution in [0.5, 0.6) is 0 Å². The van der Waals surface area contributed by atoms with E-state index in [1.165, 1.54) is 0 Å². The molecular weight excluding hydrogens is 504 g/mol. The van der Waals surface area contributed by atoms with E-state index in [4.69, 9.17) is 16.9 Å². The van der Waals surface area contributed by atoms with Gasteiger partial charge < -0.3 is 5.32 Å². The van der Waals surface area contributed by atoms with Crippen LogP contribution in [0.2, 0.25) is 5.02 Å². The summed E-state index contributed by atoms with van der Waals surface area (Å²) in [4.78, 5) is 26.5. The highest BCUT2D eigenvalue weighted by atomic mass is 35.5. The van der Waals surface area contributed by atoms with Crippen LogP contribution >= 0.6 is 11.6 Å². The number of aromatic nitrogens is 6. The second kappa shape index (κ2) is 11.0. The summed E-state index contributed by atoms with van der Waals surface area (Å²) in [7, 11) is 0. The summed E-state index contributed by atoms with van der Waals surface area (Å²) in [6.45, 7) is 10.1. The summed E-state index contributed by atoms with van der Waals surface area (Å²) in [5, 5.41) is 28.4. The fourth-order valence-electron chi connectivity index (χ4n) is 3.85. The van der Waals surface area contributed by atoms with Gasteiger partial charge in [-0.2, -0.15) is 25.2 Å². The number of nitriles is 1. The molecule has 1 atom stereocenters. The number of amides is 1. The van der Waals surface area contributed by atoms with Crippen LogP contribution < -0.4 is 5.32 Å². The molecule has 3 heterocycles. The van der Waals surface area contributed by atoms with Crippen molar-refractivity contribution in [3.63, 3.8) is 0 Å². The highest BCUT2D eigenvalue weighted by molar-refractivity contribution is 6.32. The van der Waals surface area contributed by atoms with Crippen LogP contribution in [-0.4, -0.2) is 47.6 Å². The van der Waals surface area contributed by atoms with Gasteiger partial charge >= 0.3 is 0 Å². The predicted molar refractivity (Wildman–Crippen MR) is 143 cm³/mol. The number of halogens is 1. The van der Waals surface area contributed by atoms with Crippen molar-refractivity contribution in [1.29, 1.82) is 5.26 Å². The van der Waals surface area contributed by atoms with E-state index in [1.807, 2.05) is 46.8 Å². The molecule has 0 fully saturated rings. The highest BCUT2D eigenvalue weighted by Gasteiger charge is 2.25. The maximum Gasteiger partial charge on any atom is 0.299 e. The minimum absolute atomic E-state index is 0.0247. The number of carbonyl (C=O) groups is 2. The fourth-order valence-corrected chi connectivity index (χ4v) is 4.08. The number of rotatable bonds is 8. The molecule has 0 aliphatic rings. The van der Waals surface area contributed by atoms with E-state index in [-0.39, 0.29) is 29.3 Å². The molecule has 0 aliphatic heterocycles. The monoisotopic (exact) mass is 532 g/mol. The van der Waals surface area contributed by atoms with Gasteiger partial charge in [0.25, 0.3) is 11.8 Å². The Morgan fingerprint density at radius 3 is 2.47 bits per heavy atom. The van der Waals surface area contributed by atoms with Gasteiger partial charge in [0, 0.05) is 23.5 Å². The van der Waals surface area contributed by atoms with Crippen molar-refractivity contribution >= 4 is 23.4 Å². The van der Waals surface area contributed by atoms with Gasteiger partial charge in [-0.05, 0) is 49.1 Å². The molecule has 1 amide bonds. The summed E-state index contributed by atoms with van der Waals surface area (Å²) in [6, 6.07) is 12.0. The molecule has 0 saturated carbocycles. The first-order valence-corrected chi connectivity index (χ1v) is 12.7. The Hall–Kier alpha value is -4.23. The van der Waals surface area contributed by atoms with Gasteiger partial charge in [0.1, 0.15) is 11.8 Å². The Balaban J connectivity index is 1.49. The van der Waals surface area contributed by atoms with Crippen molar-refractivity contribution in [2.45, 2.75) is 59.0 Å². The molecule has 1 aromatic carbocycles. The number of carbonyl (C=O) groups excluding carboxylic acids is 2. The Bertz CT molecular complexity index is 1520. The Kier molecular flexibility index (Phi) is 7.78. The van der Waals surface area contributed by atoms with E-state index >= 15 is 0 Å². The predicted octanol–water partition coefficient (Wildman–Crippen LogP) is 4.75. The van der Waals surface area contributed by atoms with Crippen LogP contribution in [0.25, 0.3) is 11.3 Å². The second-order valence-electron chi connectivity index (χ2n) is 9.79. The van der Waals surface area contributed by atoms with Gasteiger partial charge in [0.05, 0.1) is 28.5 Å². The Morgan fingerprint density at radius 1 is 1.08 bits per heavy atom. The average Bonchev–Trinajstić information content (AvgIpc) is 3.63. The van der Waals surface area contributed by atoms with Crippen molar-refractivity contribution in [1.82, 2.24) is 35.1 Å². The van der Waals surface area contributed by atoms with Crippen molar-refractivity contribution in [2.75, 3.05) is 0 Å². The molecule has 0 bridgehead atoms. The maximum absolute atomic E-state index is 13.3. The van der Waals surface area contributed by atoms with Gasteiger partial charge in [0.15, 0.2) is 5.69 Å². The van der Waals surface area contributed by atoms with Crippen LogP contribution in [0.3, 0.4) is 0 Å². The van der Waals surface area contributed by atoms with Gasteiger partial charge in [-0.3, -0.25) is 19.4 Å². The number of nitrogens with one attached hydrogen (secondary N) is 2. The standard InChI is InChI=1S/C27H29ClN8O2/c1-15(2)22-11-24(32-31-22)27(38)36-25(12-23(34-36)16(3)4)26(37)30-17(5)14-35-9-8-21(33-35)18-6-7-19(13-29)20(28)10-18/h6-12,15-17H,14H2,1-5H3,(H,30,37)(H,31,32). The number of H-pyrrole nitrogens is 1. The van der Waals surface area contributed by atoms with Crippen LogP contribution in [0.4, 0.5) is 0 Å². The molecule has 1 unspecified atom stereocenters. The Morgan fingerprint density at radius 2 is 1.84 bits per heavy atom. The number of hydrogen-bond donors (Lipinski definition) is 2. The van der Waals surface area contributed by atoms with E-state index < -0.39 is 11.8 Å². The van der Waals surface area contributed by atoms with Crippen molar-refractivity contribution < 1.29 is 9.59 Å². The minimum atomic E-state index is -0.476. The zero-order valence-electron chi connectivity index (χ0n) is 21.9. The summed E-state index contributed by atoms with van der Waals surface area (Å²) in [5.74, 6) is -0.698. The normalized spacial score (nSPS) is 12.1. The van der Waals surface area contributed by atoms with E-state index in [9.17, 15) is 9.59 Å². The summed E-state index contributed by atoms with van der Waals surface area (Å²) in [5.41, 5.74) is 3.68. The molecule has 0 radical (unpaired) electrons. The van der Waals surface area contributed by atoms with Gasteiger partial charge in [-0.25, -0.2) is 0 Å². The van der Waals surface area contributed by atoms with Crippen molar-refractivity contribution in [2.24, 2.45) is 0 Å². The highest BCUT2D eigenvalue weighted by Crippen LogP contribution is 2.24. The third-order valence-electron chi connectivity index (χ3n) is 6.05. The average molecular weight is 533 g/mol. The molecule has 4 rings (SSSR count). The quantitative estimate of drug-likeness (QED) is 0.336. The number of aromatic amines is 1. The molecule has 0 saturated heterocycles. The number of benzene rings is 1. The first-order valence-electron chi connectivity index (χ1n) is 12.3. The largest absolute Gasteiger partial charge is 0.346 e.